The van der Waals surface area contributed by atoms with Crippen LogP contribution in [0.1, 0.15) is 30.5 Å². The van der Waals surface area contributed by atoms with Gasteiger partial charge in [0, 0.05) is 17.6 Å². The molecule has 18 heavy (non-hydrogen) atoms. The number of fused-ring (bicyclic) bond motifs is 1. The van der Waals surface area contributed by atoms with Crippen molar-refractivity contribution in [3.8, 4) is 0 Å². The van der Waals surface area contributed by atoms with Crippen molar-refractivity contribution in [3.63, 3.8) is 0 Å². The van der Waals surface area contributed by atoms with Gasteiger partial charge in [0.1, 0.15) is 6.54 Å². The lowest BCUT2D eigenvalue weighted by molar-refractivity contribution is 0.367. The first-order valence-corrected chi connectivity index (χ1v) is 6.26. The number of hydrogen-bond donors (Lipinski definition) is 0. The van der Waals surface area contributed by atoms with Gasteiger partial charge in [-0.15, -0.1) is 0 Å². The molecule has 4 nitrogen and oxygen atoms in total. The van der Waals surface area contributed by atoms with E-state index in [-0.39, 0.29) is 0 Å². The van der Waals surface area contributed by atoms with E-state index in [9.17, 15) is 0 Å². The molecule has 1 aliphatic carbocycles. The molecular formula is C14H13N3O. The lowest BCUT2D eigenvalue weighted by atomic mass is 10.2. The van der Waals surface area contributed by atoms with Crippen LogP contribution in [0.3, 0.4) is 0 Å². The Balaban J connectivity index is 1.66. The largest absolute Gasteiger partial charge is 0.338 e. The monoisotopic (exact) mass is 239 g/mol. The minimum absolute atomic E-state index is 0.545. The van der Waals surface area contributed by atoms with E-state index in [2.05, 4.69) is 39.1 Å². The maximum atomic E-state index is 5.31. The van der Waals surface area contributed by atoms with Gasteiger partial charge in [-0.25, -0.2) is 0 Å². The van der Waals surface area contributed by atoms with Crippen LogP contribution in [0.25, 0.3) is 10.9 Å². The Kier molecular flexibility index (Phi) is 2.03. The Morgan fingerprint density at radius 2 is 2.11 bits per heavy atom. The van der Waals surface area contributed by atoms with Crippen LogP contribution in [0.5, 0.6) is 0 Å². The fourth-order valence-corrected chi connectivity index (χ4v) is 2.26. The topological polar surface area (TPSA) is 43.9 Å². The summed E-state index contributed by atoms with van der Waals surface area (Å²) in [6.45, 7) is 0.646. The molecule has 0 atom stereocenters. The summed E-state index contributed by atoms with van der Waals surface area (Å²) in [7, 11) is 0. The normalized spacial score (nSPS) is 15.3. The van der Waals surface area contributed by atoms with E-state index < -0.39 is 0 Å². The zero-order valence-electron chi connectivity index (χ0n) is 9.91. The fraction of sp³-hybridized carbons (Fsp3) is 0.286. The van der Waals surface area contributed by atoms with Crippen molar-refractivity contribution in [2.45, 2.75) is 25.3 Å². The highest BCUT2D eigenvalue weighted by Gasteiger charge is 2.28. The summed E-state index contributed by atoms with van der Waals surface area (Å²) >= 11 is 0. The summed E-state index contributed by atoms with van der Waals surface area (Å²) in [6.07, 6.45) is 4.46. The third kappa shape index (κ3) is 1.61. The van der Waals surface area contributed by atoms with Crippen molar-refractivity contribution >= 4 is 10.9 Å². The highest BCUT2D eigenvalue weighted by atomic mass is 16.5. The van der Waals surface area contributed by atoms with Gasteiger partial charge in [-0.3, -0.25) is 0 Å². The van der Waals surface area contributed by atoms with Crippen molar-refractivity contribution in [1.29, 1.82) is 0 Å². The van der Waals surface area contributed by atoms with Gasteiger partial charge < -0.3 is 9.09 Å². The van der Waals surface area contributed by atoms with E-state index in [1.165, 1.54) is 23.7 Å². The Bertz CT molecular complexity index is 694. The second-order valence-electron chi connectivity index (χ2n) is 4.82. The summed E-state index contributed by atoms with van der Waals surface area (Å²) in [6, 6.07) is 10.4. The van der Waals surface area contributed by atoms with Gasteiger partial charge in [-0.05, 0) is 30.4 Å². The first-order chi connectivity index (χ1) is 8.90. The SMILES string of the molecule is c1ccc2c(c1)ccn2Cc1nc(C2CC2)no1. The number of benzene rings is 1. The van der Waals surface area contributed by atoms with Gasteiger partial charge in [0.25, 0.3) is 0 Å². The highest BCUT2D eigenvalue weighted by Crippen LogP contribution is 2.38. The van der Waals surface area contributed by atoms with Gasteiger partial charge in [-0.1, -0.05) is 23.4 Å². The van der Waals surface area contributed by atoms with Crippen LogP contribution in [0.15, 0.2) is 41.1 Å². The molecular weight excluding hydrogens is 226 g/mol. The van der Waals surface area contributed by atoms with Crippen LogP contribution >= 0.6 is 0 Å². The molecule has 2 heterocycles. The molecule has 1 fully saturated rings. The summed E-state index contributed by atoms with van der Waals surface area (Å²) in [5.41, 5.74) is 1.20. The maximum absolute atomic E-state index is 5.31. The average Bonchev–Trinajstić information content (AvgIpc) is 3.02. The van der Waals surface area contributed by atoms with Gasteiger partial charge in [0.2, 0.25) is 5.89 Å². The predicted molar refractivity (Wildman–Crippen MR) is 67.3 cm³/mol. The maximum Gasteiger partial charge on any atom is 0.246 e. The van der Waals surface area contributed by atoms with Gasteiger partial charge in [-0.2, -0.15) is 4.98 Å². The molecule has 0 amide bonds. The second-order valence-corrected chi connectivity index (χ2v) is 4.82. The molecule has 4 heteroatoms. The Labute approximate surface area is 104 Å². The predicted octanol–water partition coefficient (Wildman–Crippen LogP) is 2.95. The number of aromatic nitrogens is 3. The number of para-hydroxylation sites is 1. The van der Waals surface area contributed by atoms with Crippen LogP contribution in [-0.2, 0) is 6.54 Å². The quantitative estimate of drug-likeness (QED) is 0.705. The first-order valence-electron chi connectivity index (χ1n) is 6.26. The molecule has 0 N–H and O–H groups in total. The summed E-state index contributed by atoms with van der Waals surface area (Å²) < 4.78 is 7.44. The zero-order chi connectivity index (χ0) is 11.9. The van der Waals surface area contributed by atoms with E-state index in [1.807, 2.05) is 12.1 Å². The van der Waals surface area contributed by atoms with Gasteiger partial charge >= 0.3 is 0 Å². The molecule has 1 aromatic carbocycles. The van der Waals surface area contributed by atoms with Gasteiger partial charge in [0.05, 0.1) is 0 Å². The standard InChI is InChI=1S/C14H13N3O/c1-2-4-12-10(3-1)7-8-17(12)9-13-15-14(16-18-13)11-5-6-11/h1-4,7-8,11H,5-6,9H2. The molecule has 4 rings (SSSR count). The molecule has 0 spiro atoms. The van der Waals surface area contributed by atoms with Crippen molar-refractivity contribution in [3.05, 3.63) is 48.2 Å². The van der Waals surface area contributed by atoms with Crippen LogP contribution in [0, 0.1) is 0 Å². The van der Waals surface area contributed by atoms with Gasteiger partial charge in [0.15, 0.2) is 5.82 Å². The lowest BCUT2D eigenvalue weighted by Crippen LogP contribution is -1.98. The molecule has 0 bridgehead atoms. The molecule has 2 aromatic heterocycles. The summed E-state index contributed by atoms with van der Waals surface area (Å²) in [4.78, 5) is 4.46. The molecule has 0 unspecified atom stereocenters. The van der Waals surface area contributed by atoms with E-state index >= 15 is 0 Å². The Morgan fingerprint density at radius 1 is 1.22 bits per heavy atom. The third-order valence-electron chi connectivity index (χ3n) is 3.41. The Hall–Kier alpha value is -2.10. The second kappa shape index (κ2) is 3.70. The first kappa shape index (κ1) is 9.88. The van der Waals surface area contributed by atoms with Crippen LogP contribution in [0.4, 0.5) is 0 Å². The Morgan fingerprint density at radius 3 is 3.00 bits per heavy atom. The average molecular weight is 239 g/mol. The zero-order valence-corrected chi connectivity index (χ0v) is 9.91. The lowest BCUT2D eigenvalue weighted by Gasteiger charge is -2.00. The van der Waals surface area contributed by atoms with Crippen molar-refractivity contribution < 1.29 is 4.52 Å². The summed E-state index contributed by atoms with van der Waals surface area (Å²) in [5.74, 6) is 2.11. The van der Waals surface area contributed by atoms with E-state index in [0.29, 0.717) is 18.4 Å². The molecule has 3 aromatic rings. The van der Waals surface area contributed by atoms with E-state index in [4.69, 9.17) is 4.52 Å². The third-order valence-corrected chi connectivity index (χ3v) is 3.41. The molecule has 90 valence electrons. The highest BCUT2D eigenvalue weighted by molar-refractivity contribution is 5.79. The minimum Gasteiger partial charge on any atom is -0.338 e. The van der Waals surface area contributed by atoms with E-state index in [0.717, 1.165) is 5.82 Å². The molecule has 1 aliphatic rings. The van der Waals surface area contributed by atoms with Crippen molar-refractivity contribution in [2.75, 3.05) is 0 Å². The molecule has 0 saturated heterocycles. The molecule has 0 radical (unpaired) electrons. The smallest absolute Gasteiger partial charge is 0.246 e. The van der Waals surface area contributed by atoms with Crippen LogP contribution < -0.4 is 0 Å². The fourth-order valence-electron chi connectivity index (χ4n) is 2.26. The molecule has 0 aliphatic heterocycles. The molecule has 1 saturated carbocycles. The summed E-state index contributed by atoms with van der Waals surface area (Å²) in [5, 5.41) is 5.27. The van der Waals surface area contributed by atoms with Crippen molar-refractivity contribution in [1.82, 2.24) is 14.7 Å². The van der Waals surface area contributed by atoms with Crippen molar-refractivity contribution in [2.24, 2.45) is 0 Å². The number of hydrogen-bond acceptors (Lipinski definition) is 3. The van der Waals surface area contributed by atoms with Crippen LogP contribution in [-0.4, -0.2) is 14.7 Å². The number of nitrogens with zero attached hydrogens (tertiary/aromatic N) is 3. The van der Waals surface area contributed by atoms with E-state index in [1.54, 1.807) is 0 Å². The number of rotatable bonds is 3. The minimum atomic E-state index is 0.545. The van der Waals surface area contributed by atoms with Crippen LogP contribution in [0.2, 0.25) is 0 Å².